The Morgan fingerprint density at radius 3 is 2.36 bits per heavy atom. The smallest absolute Gasteiger partial charge is 0.210 e. The van der Waals surface area contributed by atoms with Gasteiger partial charge in [-0.3, -0.25) is 4.79 Å². The van der Waals surface area contributed by atoms with E-state index in [-0.39, 0.29) is 11.5 Å². The molecule has 0 saturated carbocycles. The second-order valence-corrected chi connectivity index (χ2v) is 3.07. The molecule has 0 aliphatic heterocycles. The number of hydrogen-bond donors (Lipinski definition) is 1. The lowest BCUT2D eigenvalue weighted by Crippen LogP contribution is -2.10. The van der Waals surface area contributed by atoms with Gasteiger partial charge in [-0.2, -0.15) is 0 Å². The Hall–Kier alpha value is -1.64. The summed E-state index contributed by atoms with van der Waals surface area (Å²) in [5.74, 6) is -0.241. The third kappa shape index (κ3) is 2.19. The summed E-state index contributed by atoms with van der Waals surface area (Å²) in [6, 6.07) is 7.29. The molecule has 0 radical (unpaired) electrons. The summed E-state index contributed by atoms with van der Waals surface area (Å²) in [4.78, 5) is 11.5. The minimum absolute atomic E-state index is 0.106. The van der Waals surface area contributed by atoms with Crippen molar-refractivity contribution in [1.29, 1.82) is 0 Å². The topological polar surface area (TPSA) is 49.7 Å². The van der Waals surface area contributed by atoms with E-state index in [2.05, 4.69) is 12.1 Å². The summed E-state index contributed by atoms with van der Waals surface area (Å²) < 4.78 is 0. The first kappa shape index (κ1) is 10.4. The van der Waals surface area contributed by atoms with Crippen LogP contribution in [0.5, 0.6) is 0 Å². The van der Waals surface area contributed by atoms with Crippen LogP contribution in [-0.2, 0) is 6.42 Å². The molecule has 0 bridgehead atoms. The molecule has 0 aliphatic carbocycles. The lowest BCUT2D eigenvalue weighted by molar-refractivity contribution is 0.106. The highest BCUT2D eigenvalue weighted by Gasteiger charge is 2.09. The van der Waals surface area contributed by atoms with Gasteiger partial charge in [0.25, 0.3) is 0 Å². The molecule has 0 amide bonds. The van der Waals surface area contributed by atoms with Crippen LogP contribution in [-0.4, -0.2) is 16.7 Å². The van der Waals surface area contributed by atoms with Gasteiger partial charge >= 0.3 is 0 Å². The molecule has 74 valence electrons. The fraction of sp³-hybridized carbons (Fsp3) is 0.273. The number of rotatable bonds is 3. The predicted molar refractivity (Wildman–Crippen MR) is 55.0 cm³/mol. The van der Waals surface area contributed by atoms with Crippen molar-refractivity contribution in [2.45, 2.75) is 20.3 Å². The van der Waals surface area contributed by atoms with E-state index in [0.29, 0.717) is 5.56 Å². The third-order valence-electron chi connectivity index (χ3n) is 2.10. The van der Waals surface area contributed by atoms with Crippen molar-refractivity contribution in [2.24, 2.45) is 5.16 Å². The van der Waals surface area contributed by atoms with E-state index in [1.807, 2.05) is 12.1 Å². The summed E-state index contributed by atoms with van der Waals surface area (Å²) in [5, 5.41) is 11.3. The summed E-state index contributed by atoms with van der Waals surface area (Å²) in [7, 11) is 0. The van der Waals surface area contributed by atoms with Crippen molar-refractivity contribution in [3.8, 4) is 0 Å². The summed E-state index contributed by atoms with van der Waals surface area (Å²) in [6.07, 6.45) is 0.946. The van der Waals surface area contributed by atoms with Crippen LogP contribution in [0.4, 0.5) is 0 Å². The van der Waals surface area contributed by atoms with Crippen LogP contribution < -0.4 is 0 Å². The molecular formula is C11H13NO2. The lowest BCUT2D eigenvalue weighted by atomic mass is 10.0. The Bertz CT molecular complexity index is 352. The normalized spacial score (nSPS) is 11.4. The van der Waals surface area contributed by atoms with Crippen molar-refractivity contribution in [3.63, 3.8) is 0 Å². The summed E-state index contributed by atoms with van der Waals surface area (Å²) in [6.45, 7) is 3.54. The molecule has 0 heterocycles. The van der Waals surface area contributed by atoms with Gasteiger partial charge in [0.15, 0.2) is 0 Å². The highest BCUT2D eigenvalue weighted by Crippen LogP contribution is 2.06. The fourth-order valence-corrected chi connectivity index (χ4v) is 1.15. The first-order valence-corrected chi connectivity index (χ1v) is 4.51. The summed E-state index contributed by atoms with van der Waals surface area (Å²) in [5.41, 5.74) is 1.84. The van der Waals surface area contributed by atoms with Crippen molar-refractivity contribution < 1.29 is 10.0 Å². The molecule has 1 N–H and O–H groups in total. The van der Waals surface area contributed by atoms with E-state index in [1.54, 1.807) is 12.1 Å². The van der Waals surface area contributed by atoms with Gasteiger partial charge in [0.1, 0.15) is 5.71 Å². The first-order valence-electron chi connectivity index (χ1n) is 4.51. The van der Waals surface area contributed by atoms with Gasteiger partial charge in [-0.1, -0.05) is 36.3 Å². The molecule has 0 fully saturated rings. The van der Waals surface area contributed by atoms with Crippen LogP contribution in [0.1, 0.15) is 29.8 Å². The van der Waals surface area contributed by atoms with E-state index in [9.17, 15) is 4.79 Å². The SMILES string of the molecule is CCc1ccc(C(=O)/C(C)=N/O)cc1. The first-order chi connectivity index (χ1) is 6.69. The van der Waals surface area contributed by atoms with Crippen LogP contribution in [0.3, 0.4) is 0 Å². The lowest BCUT2D eigenvalue weighted by Gasteiger charge is -2.00. The molecule has 0 aliphatic rings. The number of ketones is 1. The van der Waals surface area contributed by atoms with Gasteiger partial charge < -0.3 is 5.21 Å². The number of nitrogens with zero attached hydrogens (tertiary/aromatic N) is 1. The standard InChI is InChI=1S/C11H13NO2/c1-3-9-4-6-10(7-5-9)11(13)8(2)12-14/h4-7,14H,3H2,1-2H3/b12-8+. The molecule has 0 unspecified atom stereocenters. The number of carbonyl (C=O) groups excluding carboxylic acids is 1. The molecule has 1 rings (SSSR count). The van der Waals surface area contributed by atoms with Crippen molar-refractivity contribution in [2.75, 3.05) is 0 Å². The largest absolute Gasteiger partial charge is 0.411 e. The molecule has 3 heteroatoms. The van der Waals surface area contributed by atoms with Crippen molar-refractivity contribution >= 4 is 11.5 Å². The quantitative estimate of drug-likeness (QED) is 0.345. The minimum Gasteiger partial charge on any atom is -0.411 e. The minimum atomic E-state index is -0.241. The zero-order chi connectivity index (χ0) is 10.6. The van der Waals surface area contributed by atoms with E-state index in [0.717, 1.165) is 6.42 Å². The number of benzene rings is 1. The predicted octanol–water partition coefficient (Wildman–Crippen LogP) is 2.28. The maximum Gasteiger partial charge on any atom is 0.210 e. The summed E-state index contributed by atoms with van der Waals surface area (Å²) >= 11 is 0. The molecule has 1 aromatic rings. The van der Waals surface area contributed by atoms with E-state index >= 15 is 0 Å². The zero-order valence-electron chi connectivity index (χ0n) is 8.32. The molecule has 14 heavy (non-hydrogen) atoms. The Labute approximate surface area is 83.1 Å². The molecule has 0 atom stereocenters. The van der Waals surface area contributed by atoms with Crippen LogP contribution in [0.25, 0.3) is 0 Å². The van der Waals surface area contributed by atoms with Gasteiger partial charge in [-0.05, 0) is 18.9 Å². The average Bonchev–Trinajstić information content (AvgIpc) is 2.27. The van der Waals surface area contributed by atoms with E-state index in [4.69, 9.17) is 5.21 Å². The average molecular weight is 191 g/mol. The van der Waals surface area contributed by atoms with Crippen LogP contribution in [0.2, 0.25) is 0 Å². The van der Waals surface area contributed by atoms with Gasteiger partial charge in [0.05, 0.1) is 0 Å². The number of Topliss-reactive ketones (excluding diaryl/α,β-unsaturated/α-hetero) is 1. The zero-order valence-corrected chi connectivity index (χ0v) is 8.32. The second kappa shape index (κ2) is 4.56. The van der Waals surface area contributed by atoms with Crippen molar-refractivity contribution in [3.05, 3.63) is 35.4 Å². The number of hydrogen-bond acceptors (Lipinski definition) is 3. The molecule has 3 nitrogen and oxygen atoms in total. The molecule has 1 aromatic carbocycles. The molecular weight excluding hydrogens is 178 g/mol. The van der Waals surface area contributed by atoms with Crippen LogP contribution in [0, 0.1) is 0 Å². The van der Waals surface area contributed by atoms with E-state index < -0.39 is 0 Å². The van der Waals surface area contributed by atoms with Crippen molar-refractivity contribution in [1.82, 2.24) is 0 Å². The third-order valence-corrected chi connectivity index (χ3v) is 2.10. The maximum atomic E-state index is 11.5. The molecule has 0 saturated heterocycles. The van der Waals surface area contributed by atoms with E-state index in [1.165, 1.54) is 12.5 Å². The molecule has 0 aromatic heterocycles. The Morgan fingerprint density at radius 2 is 1.93 bits per heavy atom. The maximum absolute atomic E-state index is 11.5. The monoisotopic (exact) mass is 191 g/mol. The van der Waals surface area contributed by atoms with Gasteiger partial charge in [0.2, 0.25) is 5.78 Å². The fourth-order valence-electron chi connectivity index (χ4n) is 1.15. The second-order valence-electron chi connectivity index (χ2n) is 3.07. The Balaban J connectivity index is 2.92. The van der Waals surface area contributed by atoms with Crippen LogP contribution >= 0.6 is 0 Å². The molecule has 0 spiro atoms. The van der Waals surface area contributed by atoms with Gasteiger partial charge in [-0.25, -0.2) is 0 Å². The number of oxime groups is 1. The van der Waals surface area contributed by atoms with Gasteiger partial charge in [0, 0.05) is 5.56 Å². The highest BCUT2D eigenvalue weighted by atomic mass is 16.4. The number of carbonyl (C=O) groups is 1. The van der Waals surface area contributed by atoms with Gasteiger partial charge in [-0.15, -0.1) is 0 Å². The number of aryl methyl sites for hydroxylation is 1. The Kier molecular flexibility index (Phi) is 3.40. The Morgan fingerprint density at radius 1 is 1.36 bits per heavy atom. The highest BCUT2D eigenvalue weighted by molar-refractivity contribution is 6.45. The van der Waals surface area contributed by atoms with Crippen LogP contribution in [0.15, 0.2) is 29.4 Å².